The van der Waals surface area contributed by atoms with E-state index in [-0.39, 0.29) is 27.6 Å². The smallest absolute Gasteiger partial charge is 0.326 e. The molecular weight excluding hydrogens is 526 g/mol. The number of hydrogen-bond donors (Lipinski definition) is 5. The summed E-state index contributed by atoms with van der Waals surface area (Å²) in [7, 11) is -7.71. The summed E-state index contributed by atoms with van der Waals surface area (Å²) in [4.78, 5) is 27.2. The van der Waals surface area contributed by atoms with E-state index < -0.39 is 26.1 Å². The lowest BCUT2D eigenvalue weighted by molar-refractivity contribution is 0.122. The van der Waals surface area contributed by atoms with Gasteiger partial charge in [-0.25, -0.2) is 31.9 Å². The van der Waals surface area contributed by atoms with E-state index in [1.807, 2.05) is 4.90 Å². The number of primary sulfonamides is 2. The molecule has 1 aliphatic rings. The van der Waals surface area contributed by atoms with Crippen LogP contribution < -0.4 is 31.1 Å². The fourth-order valence-corrected chi connectivity index (χ4v) is 4.26. The Kier molecular flexibility index (Phi) is 7.50. The van der Waals surface area contributed by atoms with Crippen molar-refractivity contribution in [2.24, 2.45) is 10.3 Å². The average Bonchev–Trinajstić information content (AvgIpc) is 2.84. The molecule has 3 aromatic rings. The second kappa shape index (κ2) is 10.6. The van der Waals surface area contributed by atoms with Crippen molar-refractivity contribution in [3.8, 4) is 0 Å². The Morgan fingerprint density at radius 1 is 0.757 bits per heavy atom. The van der Waals surface area contributed by atoms with Crippen LogP contribution in [0, 0.1) is 0 Å². The van der Waals surface area contributed by atoms with Gasteiger partial charge in [0.25, 0.3) is 0 Å². The first-order chi connectivity index (χ1) is 17.5. The molecule has 0 spiro atoms. The topological polar surface area (TPSA) is 225 Å². The molecule has 0 aliphatic carbocycles. The molecule has 37 heavy (non-hydrogen) atoms. The molecule has 0 bridgehead atoms. The molecule has 1 fully saturated rings. The van der Waals surface area contributed by atoms with Gasteiger partial charge in [-0.05, 0) is 48.5 Å². The number of urea groups is 1. The van der Waals surface area contributed by atoms with Gasteiger partial charge < -0.3 is 20.3 Å². The number of morpholine rings is 1. The van der Waals surface area contributed by atoms with Crippen molar-refractivity contribution in [2.75, 3.05) is 47.2 Å². The van der Waals surface area contributed by atoms with E-state index in [9.17, 15) is 21.6 Å². The number of nitrogens with zero attached hydrogens (tertiary/aromatic N) is 4. The number of anilines is 5. The minimum absolute atomic E-state index is 0.0566. The van der Waals surface area contributed by atoms with Crippen molar-refractivity contribution in [3.63, 3.8) is 0 Å². The van der Waals surface area contributed by atoms with Crippen LogP contribution in [0.5, 0.6) is 0 Å². The first-order valence-electron chi connectivity index (χ1n) is 10.7. The molecule has 7 N–H and O–H groups in total. The summed E-state index contributed by atoms with van der Waals surface area (Å²) >= 11 is 0. The van der Waals surface area contributed by atoms with Crippen molar-refractivity contribution < 1.29 is 26.4 Å². The van der Waals surface area contributed by atoms with E-state index in [2.05, 4.69) is 30.9 Å². The van der Waals surface area contributed by atoms with Gasteiger partial charge in [-0.15, -0.1) is 0 Å². The Morgan fingerprint density at radius 3 is 1.81 bits per heavy atom. The minimum Gasteiger partial charge on any atom is -0.378 e. The second-order valence-corrected chi connectivity index (χ2v) is 10.8. The van der Waals surface area contributed by atoms with Gasteiger partial charge >= 0.3 is 6.03 Å². The number of sulfonamides is 2. The highest BCUT2D eigenvalue weighted by Crippen LogP contribution is 2.20. The molecule has 1 saturated heterocycles. The van der Waals surface area contributed by atoms with E-state index >= 15 is 0 Å². The molecule has 17 heteroatoms. The highest BCUT2D eigenvalue weighted by Gasteiger charge is 2.18. The third-order valence-corrected chi connectivity index (χ3v) is 6.88. The first kappa shape index (κ1) is 26.2. The van der Waals surface area contributed by atoms with Gasteiger partial charge in [-0.1, -0.05) is 0 Å². The predicted octanol–water partition coefficient (Wildman–Crippen LogP) is 0.391. The van der Waals surface area contributed by atoms with Crippen molar-refractivity contribution >= 4 is 55.3 Å². The van der Waals surface area contributed by atoms with Crippen LogP contribution in [0.1, 0.15) is 0 Å². The lowest BCUT2D eigenvalue weighted by atomic mass is 10.3. The lowest BCUT2D eigenvalue weighted by Crippen LogP contribution is -2.37. The molecule has 0 saturated carbocycles. The normalized spacial score (nSPS) is 14.2. The Hall–Kier alpha value is -3.90. The Morgan fingerprint density at radius 2 is 1.27 bits per heavy atom. The van der Waals surface area contributed by atoms with Crippen molar-refractivity contribution in [3.05, 3.63) is 48.5 Å². The number of nitrogens with one attached hydrogen (secondary N) is 3. The monoisotopic (exact) mass is 549 g/mol. The maximum Gasteiger partial charge on any atom is 0.326 e. The van der Waals surface area contributed by atoms with Crippen molar-refractivity contribution in [2.45, 2.75) is 9.79 Å². The number of ether oxygens (including phenoxy) is 1. The van der Waals surface area contributed by atoms with Gasteiger partial charge in [0.1, 0.15) is 0 Å². The van der Waals surface area contributed by atoms with Crippen LogP contribution >= 0.6 is 0 Å². The highest BCUT2D eigenvalue weighted by molar-refractivity contribution is 7.89. The third-order valence-electron chi connectivity index (χ3n) is 5.02. The van der Waals surface area contributed by atoms with Gasteiger partial charge in [0.2, 0.25) is 37.9 Å². The zero-order valence-electron chi connectivity index (χ0n) is 19.2. The molecule has 0 radical (unpaired) electrons. The van der Waals surface area contributed by atoms with Crippen molar-refractivity contribution in [1.82, 2.24) is 15.0 Å². The molecule has 15 nitrogen and oxygen atoms in total. The quantitative estimate of drug-likeness (QED) is 0.271. The molecule has 2 aromatic carbocycles. The van der Waals surface area contributed by atoms with Crippen LogP contribution in [-0.4, -0.2) is 64.1 Å². The number of amides is 2. The van der Waals surface area contributed by atoms with Gasteiger partial charge in [0.05, 0.1) is 23.0 Å². The lowest BCUT2D eigenvalue weighted by Gasteiger charge is -2.27. The van der Waals surface area contributed by atoms with E-state index in [1.165, 1.54) is 48.5 Å². The Balaban J connectivity index is 1.54. The largest absolute Gasteiger partial charge is 0.378 e. The summed E-state index contributed by atoms with van der Waals surface area (Å²) in [6, 6.07) is 10.2. The fraction of sp³-hybridized carbons (Fsp3) is 0.200. The molecule has 0 atom stereocenters. The number of nitrogens with two attached hydrogens (primary N) is 2. The average molecular weight is 550 g/mol. The fourth-order valence-electron chi connectivity index (χ4n) is 3.23. The SMILES string of the molecule is NS(=O)(=O)c1ccc(NC(=O)Nc2nc(Nc3ccc(S(N)(=O)=O)cc3)nc(N3CCOCC3)n2)cc1. The molecule has 1 aliphatic heterocycles. The molecule has 4 rings (SSSR count). The van der Waals surface area contributed by atoms with Gasteiger partial charge in [-0.3, -0.25) is 5.32 Å². The summed E-state index contributed by atoms with van der Waals surface area (Å²) in [5.74, 6) is 0.307. The zero-order chi connectivity index (χ0) is 26.6. The molecule has 0 unspecified atom stereocenters. The van der Waals surface area contributed by atoms with Crippen LogP contribution in [0.25, 0.3) is 0 Å². The summed E-state index contributed by atoms with van der Waals surface area (Å²) in [6.45, 7) is 1.99. The van der Waals surface area contributed by atoms with Crippen molar-refractivity contribution in [1.29, 1.82) is 0 Å². The number of carbonyl (C=O) groups is 1. The highest BCUT2D eigenvalue weighted by atomic mass is 32.2. The number of aromatic nitrogens is 3. The Bertz CT molecular complexity index is 1490. The summed E-state index contributed by atoms with van der Waals surface area (Å²) in [5.41, 5.74) is 0.775. The number of hydrogen-bond acceptors (Lipinski definition) is 11. The minimum atomic E-state index is -3.86. The number of rotatable bonds is 7. The maximum absolute atomic E-state index is 12.6. The predicted molar refractivity (Wildman–Crippen MR) is 134 cm³/mol. The zero-order valence-corrected chi connectivity index (χ0v) is 20.8. The molecule has 2 heterocycles. The van der Waals surface area contributed by atoms with E-state index in [4.69, 9.17) is 15.0 Å². The third kappa shape index (κ3) is 7.08. The first-order valence-corrected chi connectivity index (χ1v) is 13.8. The molecule has 1 aromatic heterocycles. The number of carbonyl (C=O) groups excluding carboxylic acids is 1. The van der Waals surface area contributed by atoms with Gasteiger partial charge in [0, 0.05) is 24.5 Å². The number of benzene rings is 2. The van der Waals surface area contributed by atoms with Crippen LogP contribution in [0.4, 0.5) is 34.0 Å². The van der Waals surface area contributed by atoms with Crippen LogP contribution in [0.2, 0.25) is 0 Å². The van der Waals surface area contributed by atoms with E-state index in [0.717, 1.165) is 0 Å². The molecular formula is C20H23N9O6S2. The second-order valence-electron chi connectivity index (χ2n) is 7.72. The van der Waals surface area contributed by atoms with Gasteiger partial charge in [0.15, 0.2) is 0 Å². The standard InChI is InChI=1S/C20H23N9O6S2/c21-36(31,32)15-5-1-13(2-6-15)23-17-25-18(27-19(26-17)29-9-11-35-12-10-29)28-20(30)24-14-3-7-16(8-4-14)37(22,33)34/h1-8H,9-12H2,(H2,21,31,32)(H2,22,33,34)(H3,23,24,25,26,27,28,30). The summed E-state index contributed by atoms with van der Waals surface area (Å²) in [5, 5.41) is 18.2. The molecule has 196 valence electrons. The van der Waals surface area contributed by atoms with E-state index in [1.54, 1.807) is 0 Å². The van der Waals surface area contributed by atoms with Crippen LogP contribution in [0.3, 0.4) is 0 Å². The molecule has 2 amide bonds. The van der Waals surface area contributed by atoms with E-state index in [0.29, 0.717) is 37.7 Å². The maximum atomic E-state index is 12.6. The van der Waals surface area contributed by atoms with Crippen LogP contribution in [-0.2, 0) is 24.8 Å². The van der Waals surface area contributed by atoms with Gasteiger partial charge in [-0.2, -0.15) is 15.0 Å². The summed E-state index contributed by atoms with van der Waals surface area (Å²) in [6.07, 6.45) is 0. The Labute approximate surface area is 212 Å². The summed E-state index contributed by atoms with van der Waals surface area (Å²) < 4.78 is 51.1. The van der Waals surface area contributed by atoms with Crippen LogP contribution in [0.15, 0.2) is 58.3 Å².